The highest BCUT2D eigenvalue weighted by Crippen LogP contribution is 2.37. The zero-order valence-corrected chi connectivity index (χ0v) is 19.4. The summed E-state index contributed by atoms with van der Waals surface area (Å²) in [6.45, 7) is 7.40. The van der Waals surface area contributed by atoms with Gasteiger partial charge < -0.3 is 15.3 Å². The average Bonchev–Trinajstić information content (AvgIpc) is 2.72. The third kappa shape index (κ3) is 6.57. The molecule has 6 nitrogen and oxygen atoms in total. The molecule has 2 N–H and O–H groups in total. The van der Waals surface area contributed by atoms with E-state index in [9.17, 15) is 9.90 Å². The molecular formula is C24H33ClN4O2. The highest BCUT2D eigenvalue weighted by Gasteiger charge is 2.25. The van der Waals surface area contributed by atoms with Crippen molar-refractivity contribution in [2.75, 3.05) is 16.8 Å². The molecule has 0 aliphatic heterocycles. The number of benzene rings is 1. The molecule has 1 aromatic carbocycles. The molecule has 31 heavy (non-hydrogen) atoms. The molecule has 0 radical (unpaired) electrons. The lowest BCUT2D eigenvalue weighted by atomic mass is 9.92. The van der Waals surface area contributed by atoms with E-state index < -0.39 is 5.97 Å². The molecule has 1 aromatic heterocycles. The first-order chi connectivity index (χ1) is 14.8. The number of hydrogen-bond donors (Lipinski definition) is 2. The van der Waals surface area contributed by atoms with Crippen molar-refractivity contribution in [1.29, 1.82) is 0 Å². The highest BCUT2D eigenvalue weighted by atomic mass is 35.5. The Balaban J connectivity index is 2.01. The van der Waals surface area contributed by atoms with Gasteiger partial charge in [0.15, 0.2) is 0 Å². The summed E-state index contributed by atoms with van der Waals surface area (Å²) >= 11 is 6.01. The second kappa shape index (κ2) is 10.8. The average molecular weight is 445 g/mol. The van der Waals surface area contributed by atoms with Crippen LogP contribution in [0.15, 0.2) is 30.5 Å². The molecule has 168 valence electrons. The largest absolute Gasteiger partial charge is 0.481 e. The van der Waals surface area contributed by atoms with Crippen molar-refractivity contribution in [3.63, 3.8) is 0 Å². The molecule has 1 atom stereocenters. The highest BCUT2D eigenvalue weighted by molar-refractivity contribution is 6.28. The Morgan fingerprint density at radius 3 is 2.61 bits per heavy atom. The lowest BCUT2D eigenvalue weighted by Crippen LogP contribution is -2.39. The second-order valence-corrected chi connectivity index (χ2v) is 9.29. The molecule has 1 heterocycles. The molecule has 0 bridgehead atoms. The molecule has 7 heteroatoms. The molecular weight excluding hydrogens is 412 g/mol. The number of carboxylic acids is 1. The number of aliphatic carboxylic acids is 1. The van der Waals surface area contributed by atoms with E-state index in [0.29, 0.717) is 17.8 Å². The van der Waals surface area contributed by atoms with Crippen LogP contribution in [0.5, 0.6) is 0 Å². The van der Waals surface area contributed by atoms with Crippen molar-refractivity contribution in [1.82, 2.24) is 9.97 Å². The van der Waals surface area contributed by atoms with Crippen LogP contribution in [-0.2, 0) is 4.79 Å². The molecule has 0 saturated heterocycles. The molecule has 1 saturated carbocycles. The van der Waals surface area contributed by atoms with Crippen LogP contribution in [0.1, 0.15) is 70.8 Å². The number of nitrogens with one attached hydrogen (secondary N) is 1. The number of hydrogen-bond acceptors (Lipinski definition) is 5. The van der Waals surface area contributed by atoms with Crippen molar-refractivity contribution in [2.24, 2.45) is 5.92 Å². The standard InChI is InChI=1S/C24H33ClN4O2/c1-16(2)15-29(19-7-5-4-6-8-19)21-10-9-18(17(3)13-23(30)31)14-20(21)27-22-11-12-26-24(25)28-22/h9-12,14,16-17,19H,4-8,13,15H2,1-3H3,(H,30,31)(H,26,27,28). The monoisotopic (exact) mass is 444 g/mol. The molecule has 1 aliphatic rings. The van der Waals surface area contributed by atoms with Crippen molar-refractivity contribution in [3.8, 4) is 0 Å². The van der Waals surface area contributed by atoms with Gasteiger partial charge >= 0.3 is 5.97 Å². The van der Waals surface area contributed by atoms with Gasteiger partial charge in [-0.2, -0.15) is 0 Å². The predicted octanol–water partition coefficient (Wildman–Crippen LogP) is 6.25. The predicted molar refractivity (Wildman–Crippen MR) is 126 cm³/mol. The maximum atomic E-state index is 11.2. The third-order valence-corrected chi connectivity index (χ3v) is 6.03. The summed E-state index contributed by atoms with van der Waals surface area (Å²) in [5, 5.41) is 12.9. The van der Waals surface area contributed by atoms with E-state index in [4.69, 9.17) is 11.6 Å². The first kappa shape index (κ1) is 23.3. The summed E-state index contributed by atoms with van der Waals surface area (Å²) in [5.74, 6) is 0.262. The SMILES string of the molecule is CC(C)CN(c1ccc(C(C)CC(=O)O)cc1Nc1ccnc(Cl)n1)C1CCCCC1. The first-order valence-electron chi connectivity index (χ1n) is 11.2. The summed E-state index contributed by atoms with van der Waals surface area (Å²) in [4.78, 5) is 22.0. The fourth-order valence-electron chi connectivity index (χ4n) is 4.36. The maximum Gasteiger partial charge on any atom is 0.303 e. The fraction of sp³-hybridized carbons (Fsp3) is 0.542. The Bertz CT molecular complexity index is 884. The minimum Gasteiger partial charge on any atom is -0.481 e. The number of carbonyl (C=O) groups is 1. The van der Waals surface area contributed by atoms with Gasteiger partial charge in [-0.15, -0.1) is 0 Å². The Morgan fingerprint density at radius 2 is 1.97 bits per heavy atom. The van der Waals surface area contributed by atoms with Gasteiger partial charge in [0.25, 0.3) is 0 Å². The zero-order chi connectivity index (χ0) is 22.4. The quantitative estimate of drug-likeness (QED) is 0.445. The van der Waals surface area contributed by atoms with Crippen LogP contribution in [0.25, 0.3) is 0 Å². The van der Waals surface area contributed by atoms with E-state index in [2.05, 4.69) is 52.2 Å². The molecule has 1 aliphatic carbocycles. The first-order valence-corrected chi connectivity index (χ1v) is 11.6. The summed E-state index contributed by atoms with van der Waals surface area (Å²) in [7, 11) is 0. The summed E-state index contributed by atoms with van der Waals surface area (Å²) in [6, 6.07) is 8.56. The Labute approximate surface area is 190 Å². The maximum absolute atomic E-state index is 11.2. The smallest absolute Gasteiger partial charge is 0.303 e. The minimum atomic E-state index is -0.794. The van der Waals surface area contributed by atoms with Crippen molar-refractivity contribution in [2.45, 2.75) is 71.3 Å². The van der Waals surface area contributed by atoms with Crippen LogP contribution in [0.4, 0.5) is 17.2 Å². The third-order valence-electron chi connectivity index (χ3n) is 5.85. The number of halogens is 1. The molecule has 2 aromatic rings. The van der Waals surface area contributed by atoms with E-state index >= 15 is 0 Å². The number of carboxylic acid groups (broad SMARTS) is 1. The summed E-state index contributed by atoms with van der Waals surface area (Å²) < 4.78 is 0. The normalized spacial score (nSPS) is 15.6. The molecule has 3 rings (SSSR count). The van der Waals surface area contributed by atoms with Gasteiger partial charge in [-0.25, -0.2) is 9.97 Å². The van der Waals surface area contributed by atoms with E-state index in [1.165, 1.54) is 32.1 Å². The zero-order valence-electron chi connectivity index (χ0n) is 18.6. The van der Waals surface area contributed by atoms with Gasteiger partial charge in [0.2, 0.25) is 5.28 Å². The fourth-order valence-corrected chi connectivity index (χ4v) is 4.51. The lowest BCUT2D eigenvalue weighted by molar-refractivity contribution is -0.137. The van der Waals surface area contributed by atoms with E-state index in [1.54, 1.807) is 12.3 Å². The molecule has 0 amide bonds. The van der Waals surface area contributed by atoms with Crippen LogP contribution in [0, 0.1) is 5.92 Å². The van der Waals surface area contributed by atoms with Gasteiger partial charge in [0.05, 0.1) is 17.8 Å². The topological polar surface area (TPSA) is 78.4 Å². The number of nitrogens with zero attached hydrogens (tertiary/aromatic N) is 3. The van der Waals surface area contributed by atoms with Crippen molar-refractivity contribution >= 4 is 34.8 Å². The van der Waals surface area contributed by atoms with Crippen LogP contribution in [0.2, 0.25) is 5.28 Å². The van der Waals surface area contributed by atoms with Crippen molar-refractivity contribution in [3.05, 3.63) is 41.3 Å². The Morgan fingerprint density at radius 1 is 1.23 bits per heavy atom. The molecule has 1 fully saturated rings. The lowest BCUT2D eigenvalue weighted by Gasteiger charge is -2.38. The van der Waals surface area contributed by atoms with Crippen molar-refractivity contribution < 1.29 is 9.90 Å². The molecule has 0 spiro atoms. The minimum absolute atomic E-state index is 0.0886. The van der Waals surface area contributed by atoms with Gasteiger partial charge in [-0.05, 0) is 60.0 Å². The molecule has 1 unspecified atom stereocenters. The van der Waals surface area contributed by atoms with Crippen LogP contribution in [0.3, 0.4) is 0 Å². The van der Waals surface area contributed by atoms with E-state index in [-0.39, 0.29) is 17.6 Å². The van der Waals surface area contributed by atoms with E-state index in [0.717, 1.165) is 23.5 Å². The van der Waals surface area contributed by atoms with Crippen LogP contribution < -0.4 is 10.2 Å². The van der Waals surface area contributed by atoms with Gasteiger partial charge in [0, 0.05) is 18.8 Å². The van der Waals surface area contributed by atoms with Gasteiger partial charge in [-0.3, -0.25) is 4.79 Å². The van der Waals surface area contributed by atoms with Gasteiger partial charge in [-0.1, -0.05) is 46.1 Å². The number of anilines is 3. The number of aromatic nitrogens is 2. The van der Waals surface area contributed by atoms with Gasteiger partial charge in [0.1, 0.15) is 5.82 Å². The Hall–Kier alpha value is -2.34. The Kier molecular flexibility index (Phi) is 8.13. The summed E-state index contributed by atoms with van der Waals surface area (Å²) in [6.07, 6.45) is 7.94. The second-order valence-electron chi connectivity index (χ2n) is 8.95. The van der Waals surface area contributed by atoms with Crippen LogP contribution >= 0.6 is 11.6 Å². The number of rotatable bonds is 9. The van der Waals surface area contributed by atoms with Crippen LogP contribution in [-0.4, -0.2) is 33.6 Å². The summed E-state index contributed by atoms with van der Waals surface area (Å²) in [5.41, 5.74) is 3.04. The van der Waals surface area contributed by atoms with E-state index in [1.807, 2.05) is 6.92 Å².